The SMILES string of the molecule is CC1/C=C\CCCCCCCCCCCC(=O)CC1. The molecule has 0 heterocycles. The predicted molar refractivity (Wildman–Crippen MR) is 83.3 cm³/mol. The van der Waals surface area contributed by atoms with Gasteiger partial charge in [0, 0.05) is 12.8 Å². The summed E-state index contributed by atoms with van der Waals surface area (Å²) in [6.07, 6.45) is 20.5. The molecule has 1 aliphatic rings. The summed E-state index contributed by atoms with van der Waals surface area (Å²) in [6, 6.07) is 0. The second-order valence-electron chi connectivity index (χ2n) is 6.20. The smallest absolute Gasteiger partial charge is 0.132 e. The van der Waals surface area contributed by atoms with E-state index in [0.29, 0.717) is 11.7 Å². The fourth-order valence-electron chi connectivity index (χ4n) is 2.76. The summed E-state index contributed by atoms with van der Waals surface area (Å²) in [5, 5.41) is 0. The van der Waals surface area contributed by atoms with Crippen LogP contribution in [-0.4, -0.2) is 5.78 Å². The molecule has 1 aliphatic carbocycles. The summed E-state index contributed by atoms with van der Waals surface area (Å²) < 4.78 is 0. The number of allylic oxidation sites excluding steroid dienone is 2. The highest BCUT2D eigenvalue weighted by molar-refractivity contribution is 5.78. The summed E-state index contributed by atoms with van der Waals surface area (Å²) in [5.74, 6) is 1.05. The quantitative estimate of drug-likeness (QED) is 0.503. The Bertz CT molecular complexity index is 254. The van der Waals surface area contributed by atoms with Crippen LogP contribution in [0, 0.1) is 5.92 Å². The first-order chi connectivity index (χ1) is 9.29. The van der Waals surface area contributed by atoms with Crippen molar-refractivity contribution in [3.63, 3.8) is 0 Å². The molecule has 0 amide bonds. The highest BCUT2D eigenvalue weighted by Crippen LogP contribution is 2.15. The minimum absolute atomic E-state index is 0.476. The van der Waals surface area contributed by atoms with Crippen molar-refractivity contribution in [2.75, 3.05) is 0 Å². The average Bonchev–Trinajstić information content (AvgIpc) is 2.41. The van der Waals surface area contributed by atoms with Crippen molar-refractivity contribution < 1.29 is 4.79 Å². The minimum Gasteiger partial charge on any atom is -0.300 e. The van der Waals surface area contributed by atoms with Crippen LogP contribution in [0.1, 0.15) is 90.4 Å². The Kier molecular flexibility index (Phi) is 9.75. The van der Waals surface area contributed by atoms with Crippen LogP contribution in [0.25, 0.3) is 0 Å². The Morgan fingerprint density at radius 1 is 0.842 bits per heavy atom. The molecular weight excluding hydrogens is 232 g/mol. The number of rotatable bonds is 0. The van der Waals surface area contributed by atoms with E-state index in [1.54, 1.807) is 0 Å². The van der Waals surface area contributed by atoms with E-state index in [1.807, 2.05) is 0 Å². The maximum absolute atomic E-state index is 11.8. The van der Waals surface area contributed by atoms with Gasteiger partial charge >= 0.3 is 0 Å². The fraction of sp³-hybridized carbons (Fsp3) is 0.833. The molecule has 1 unspecified atom stereocenters. The first-order valence-corrected chi connectivity index (χ1v) is 8.47. The van der Waals surface area contributed by atoms with Crippen LogP contribution in [-0.2, 0) is 4.79 Å². The van der Waals surface area contributed by atoms with E-state index in [-0.39, 0.29) is 0 Å². The maximum atomic E-state index is 11.8. The van der Waals surface area contributed by atoms with Gasteiger partial charge in [-0.15, -0.1) is 0 Å². The van der Waals surface area contributed by atoms with Crippen LogP contribution in [0.2, 0.25) is 0 Å². The van der Waals surface area contributed by atoms with E-state index in [9.17, 15) is 4.79 Å². The standard InChI is InChI=1S/C18H32O/c1-17-13-11-9-7-5-3-2-4-6-8-10-12-14-18(19)16-15-17/h11,13,17H,2-10,12,14-16H2,1H3/b13-11-. The Morgan fingerprint density at radius 3 is 2.11 bits per heavy atom. The van der Waals surface area contributed by atoms with Crippen LogP contribution < -0.4 is 0 Å². The van der Waals surface area contributed by atoms with Crippen LogP contribution in [0.3, 0.4) is 0 Å². The van der Waals surface area contributed by atoms with Crippen molar-refractivity contribution in [2.24, 2.45) is 5.92 Å². The minimum atomic E-state index is 0.476. The van der Waals surface area contributed by atoms with Gasteiger partial charge in [0.15, 0.2) is 0 Å². The molecule has 0 aromatic carbocycles. The summed E-state index contributed by atoms with van der Waals surface area (Å²) in [7, 11) is 0. The summed E-state index contributed by atoms with van der Waals surface area (Å²) >= 11 is 0. The van der Waals surface area contributed by atoms with Gasteiger partial charge in [-0.05, 0) is 31.6 Å². The van der Waals surface area contributed by atoms with Crippen LogP contribution >= 0.6 is 0 Å². The molecule has 0 spiro atoms. The number of hydrogen-bond donors (Lipinski definition) is 0. The van der Waals surface area contributed by atoms with E-state index in [2.05, 4.69) is 19.1 Å². The van der Waals surface area contributed by atoms with E-state index >= 15 is 0 Å². The molecule has 0 saturated carbocycles. The fourth-order valence-corrected chi connectivity index (χ4v) is 2.76. The average molecular weight is 264 g/mol. The summed E-state index contributed by atoms with van der Waals surface area (Å²) in [5.41, 5.74) is 0. The molecule has 0 bridgehead atoms. The lowest BCUT2D eigenvalue weighted by molar-refractivity contribution is -0.119. The Labute approximate surface area is 119 Å². The first-order valence-electron chi connectivity index (χ1n) is 8.47. The van der Waals surface area contributed by atoms with Crippen molar-refractivity contribution in [1.29, 1.82) is 0 Å². The Hall–Kier alpha value is -0.590. The molecule has 110 valence electrons. The molecule has 0 N–H and O–H groups in total. The van der Waals surface area contributed by atoms with Gasteiger partial charge in [-0.1, -0.05) is 64.0 Å². The molecule has 1 atom stereocenters. The zero-order chi connectivity index (χ0) is 13.8. The topological polar surface area (TPSA) is 17.1 Å². The van der Waals surface area contributed by atoms with E-state index < -0.39 is 0 Å². The zero-order valence-electron chi connectivity index (χ0n) is 12.8. The van der Waals surface area contributed by atoms with Gasteiger partial charge < -0.3 is 0 Å². The molecule has 19 heavy (non-hydrogen) atoms. The zero-order valence-corrected chi connectivity index (χ0v) is 12.8. The van der Waals surface area contributed by atoms with Crippen LogP contribution in [0.4, 0.5) is 0 Å². The second kappa shape index (κ2) is 11.3. The summed E-state index contributed by atoms with van der Waals surface area (Å²) in [6.45, 7) is 2.23. The summed E-state index contributed by atoms with van der Waals surface area (Å²) in [4.78, 5) is 11.8. The van der Waals surface area contributed by atoms with Gasteiger partial charge in [-0.2, -0.15) is 0 Å². The first kappa shape index (κ1) is 16.5. The van der Waals surface area contributed by atoms with Crippen LogP contribution in [0.15, 0.2) is 12.2 Å². The Balaban J connectivity index is 2.28. The van der Waals surface area contributed by atoms with Crippen LogP contribution in [0.5, 0.6) is 0 Å². The highest BCUT2D eigenvalue weighted by Gasteiger charge is 2.05. The highest BCUT2D eigenvalue weighted by atomic mass is 16.1. The third kappa shape index (κ3) is 9.92. The lowest BCUT2D eigenvalue weighted by Crippen LogP contribution is -2.01. The van der Waals surface area contributed by atoms with Crippen molar-refractivity contribution in [3.8, 4) is 0 Å². The van der Waals surface area contributed by atoms with Crippen molar-refractivity contribution in [3.05, 3.63) is 12.2 Å². The normalized spacial score (nSPS) is 27.6. The number of hydrogen-bond acceptors (Lipinski definition) is 1. The molecule has 1 rings (SSSR count). The van der Waals surface area contributed by atoms with Crippen molar-refractivity contribution >= 4 is 5.78 Å². The molecule has 1 nitrogen and oxygen atoms in total. The van der Waals surface area contributed by atoms with E-state index in [4.69, 9.17) is 0 Å². The number of Topliss-reactive ketones (excluding diaryl/α,β-unsaturated/α-hetero) is 1. The molecular formula is C18H32O. The van der Waals surface area contributed by atoms with Gasteiger partial charge in [0.05, 0.1) is 0 Å². The third-order valence-corrected chi connectivity index (χ3v) is 4.17. The molecule has 1 heteroatoms. The van der Waals surface area contributed by atoms with Gasteiger partial charge in [0.25, 0.3) is 0 Å². The molecule has 0 saturated heterocycles. The largest absolute Gasteiger partial charge is 0.300 e. The van der Waals surface area contributed by atoms with E-state index in [0.717, 1.165) is 25.7 Å². The second-order valence-corrected chi connectivity index (χ2v) is 6.20. The van der Waals surface area contributed by atoms with Crippen molar-refractivity contribution in [2.45, 2.75) is 90.4 Å². The van der Waals surface area contributed by atoms with Gasteiger partial charge in [0.2, 0.25) is 0 Å². The molecule has 0 fully saturated rings. The molecule has 0 radical (unpaired) electrons. The lowest BCUT2D eigenvalue weighted by atomic mass is 10.00. The van der Waals surface area contributed by atoms with Gasteiger partial charge in [0.1, 0.15) is 5.78 Å². The molecule has 0 aliphatic heterocycles. The van der Waals surface area contributed by atoms with Crippen molar-refractivity contribution in [1.82, 2.24) is 0 Å². The van der Waals surface area contributed by atoms with E-state index in [1.165, 1.54) is 57.8 Å². The Morgan fingerprint density at radius 2 is 1.42 bits per heavy atom. The predicted octanol–water partition coefficient (Wildman–Crippen LogP) is 5.83. The van der Waals surface area contributed by atoms with Gasteiger partial charge in [-0.25, -0.2) is 0 Å². The number of carbonyl (C=O) groups excluding carboxylic acids is 1. The molecule has 0 aromatic heterocycles. The number of ketones is 1. The lowest BCUT2D eigenvalue weighted by Gasteiger charge is -2.05. The monoisotopic (exact) mass is 264 g/mol. The number of carbonyl (C=O) groups is 1. The van der Waals surface area contributed by atoms with Gasteiger partial charge in [-0.3, -0.25) is 4.79 Å². The molecule has 0 aromatic rings. The third-order valence-electron chi connectivity index (χ3n) is 4.17. The maximum Gasteiger partial charge on any atom is 0.132 e.